The molecule has 0 spiro atoms. The maximum Gasteiger partial charge on any atom is 0.212 e. The lowest BCUT2D eigenvalue weighted by Crippen LogP contribution is -2.33. The summed E-state index contributed by atoms with van der Waals surface area (Å²) in [7, 11) is 1.64. The minimum absolute atomic E-state index is 0.0548. The summed E-state index contributed by atoms with van der Waals surface area (Å²) in [5, 5.41) is 0. The number of ketones is 1. The second-order valence-corrected chi connectivity index (χ2v) is 5.77. The fourth-order valence-corrected chi connectivity index (χ4v) is 2.76. The molecule has 0 saturated carbocycles. The van der Waals surface area contributed by atoms with Crippen LogP contribution in [0, 0.1) is 0 Å². The van der Waals surface area contributed by atoms with Crippen molar-refractivity contribution in [2.45, 2.75) is 12.3 Å². The zero-order valence-electron chi connectivity index (χ0n) is 14.2. The highest BCUT2D eigenvalue weighted by atomic mass is 16.5. The summed E-state index contributed by atoms with van der Waals surface area (Å²) in [5.74, 6) is 0.765. The van der Waals surface area contributed by atoms with Crippen LogP contribution < -0.4 is 4.74 Å². The fraction of sp³-hybridized carbons (Fsp3) is 0.190. The summed E-state index contributed by atoms with van der Waals surface area (Å²) >= 11 is 0. The molecule has 1 aliphatic heterocycles. The van der Waals surface area contributed by atoms with Crippen LogP contribution in [0.1, 0.15) is 15.9 Å². The Balaban J connectivity index is 1.69. The van der Waals surface area contributed by atoms with Crippen molar-refractivity contribution in [2.24, 2.45) is 0 Å². The standard InChI is InChI=1S/C21H21NO3/c1-3-22-15-19(14-11-16-9-12-18(24-2)13-10-16)25-21(22)20(23)17-7-5-4-6-8-17/h3-14,19,21H,1,15H2,2H3/b14-11+/t19-,21?/m1/s1. The average Bonchev–Trinajstić information content (AvgIpc) is 3.10. The van der Waals surface area contributed by atoms with Crippen LogP contribution in [0.4, 0.5) is 0 Å². The van der Waals surface area contributed by atoms with Gasteiger partial charge in [-0.1, -0.05) is 61.2 Å². The number of hydrogen-bond acceptors (Lipinski definition) is 4. The van der Waals surface area contributed by atoms with Crippen molar-refractivity contribution >= 4 is 11.9 Å². The fourth-order valence-electron chi connectivity index (χ4n) is 2.76. The molecule has 1 aliphatic rings. The number of Topliss-reactive ketones (excluding diaryl/α,β-unsaturated/α-hetero) is 1. The van der Waals surface area contributed by atoms with E-state index in [9.17, 15) is 4.79 Å². The first-order valence-corrected chi connectivity index (χ1v) is 8.16. The molecule has 4 nitrogen and oxygen atoms in total. The molecule has 0 aliphatic carbocycles. The van der Waals surface area contributed by atoms with Crippen LogP contribution in [-0.4, -0.2) is 36.7 Å². The van der Waals surface area contributed by atoms with Crippen LogP contribution in [0.5, 0.6) is 5.75 Å². The molecule has 25 heavy (non-hydrogen) atoms. The van der Waals surface area contributed by atoms with Gasteiger partial charge in [0.25, 0.3) is 0 Å². The number of hydrogen-bond donors (Lipinski definition) is 0. The molecule has 3 rings (SSSR count). The molecule has 4 heteroatoms. The van der Waals surface area contributed by atoms with Crippen molar-refractivity contribution < 1.29 is 14.3 Å². The van der Waals surface area contributed by atoms with Gasteiger partial charge in [0.1, 0.15) is 5.75 Å². The van der Waals surface area contributed by atoms with E-state index in [-0.39, 0.29) is 11.9 Å². The molecule has 1 unspecified atom stereocenters. The maximum atomic E-state index is 12.7. The van der Waals surface area contributed by atoms with E-state index in [1.807, 2.05) is 59.5 Å². The lowest BCUT2D eigenvalue weighted by molar-refractivity contribution is 0.0281. The molecule has 0 amide bonds. The van der Waals surface area contributed by atoms with Gasteiger partial charge in [-0.2, -0.15) is 0 Å². The Morgan fingerprint density at radius 3 is 2.56 bits per heavy atom. The van der Waals surface area contributed by atoms with Gasteiger partial charge in [-0.25, -0.2) is 0 Å². The van der Waals surface area contributed by atoms with Crippen LogP contribution in [-0.2, 0) is 4.74 Å². The van der Waals surface area contributed by atoms with E-state index < -0.39 is 6.23 Å². The molecule has 1 fully saturated rings. The Morgan fingerprint density at radius 1 is 1.20 bits per heavy atom. The third-order valence-corrected chi connectivity index (χ3v) is 4.13. The van der Waals surface area contributed by atoms with Crippen LogP contribution >= 0.6 is 0 Å². The molecule has 2 aromatic carbocycles. The van der Waals surface area contributed by atoms with E-state index >= 15 is 0 Å². The molecule has 1 saturated heterocycles. The second-order valence-electron chi connectivity index (χ2n) is 5.77. The van der Waals surface area contributed by atoms with Gasteiger partial charge in [-0.15, -0.1) is 0 Å². The van der Waals surface area contributed by atoms with Gasteiger partial charge < -0.3 is 14.4 Å². The van der Waals surface area contributed by atoms with Gasteiger partial charge in [-0.3, -0.25) is 4.79 Å². The van der Waals surface area contributed by atoms with E-state index in [2.05, 4.69) is 6.58 Å². The monoisotopic (exact) mass is 335 g/mol. The molecular weight excluding hydrogens is 314 g/mol. The molecule has 2 aromatic rings. The highest BCUT2D eigenvalue weighted by Gasteiger charge is 2.34. The van der Waals surface area contributed by atoms with Gasteiger partial charge in [0.2, 0.25) is 5.78 Å². The maximum absolute atomic E-state index is 12.7. The highest BCUT2D eigenvalue weighted by molar-refractivity contribution is 5.99. The van der Waals surface area contributed by atoms with E-state index in [0.29, 0.717) is 12.1 Å². The van der Waals surface area contributed by atoms with Crippen molar-refractivity contribution in [3.05, 3.63) is 84.6 Å². The number of carbonyl (C=O) groups excluding carboxylic acids is 1. The van der Waals surface area contributed by atoms with Gasteiger partial charge in [0.05, 0.1) is 19.8 Å². The topological polar surface area (TPSA) is 38.8 Å². The molecular formula is C21H21NO3. The molecule has 2 atom stereocenters. The van der Waals surface area contributed by atoms with E-state index in [0.717, 1.165) is 11.3 Å². The molecule has 1 heterocycles. The summed E-state index contributed by atoms with van der Waals surface area (Å²) in [5.41, 5.74) is 1.69. The van der Waals surface area contributed by atoms with Crippen LogP contribution in [0.15, 0.2) is 73.5 Å². The quantitative estimate of drug-likeness (QED) is 0.754. The predicted molar refractivity (Wildman–Crippen MR) is 98.4 cm³/mol. The number of benzene rings is 2. The number of rotatable bonds is 6. The molecule has 0 N–H and O–H groups in total. The minimum atomic E-state index is -0.634. The van der Waals surface area contributed by atoms with Gasteiger partial charge in [0.15, 0.2) is 6.23 Å². The van der Waals surface area contributed by atoms with Crippen LogP contribution in [0.2, 0.25) is 0 Å². The minimum Gasteiger partial charge on any atom is -0.497 e. The average molecular weight is 335 g/mol. The highest BCUT2D eigenvalue weighted by Crippen LogP contribution is 2.22. The summed E-state index contributed by atoms with van der Waals surface area (Å²) in [6, 6.07) is 17.0. The Kier molecular flexibility index (Phi) is 5.31. The normalized spacial score (nSPS) is 20.0. The molecule has 0 aromatic heterocycles. The zero-order valence-corrected chi connectivity index (χ0v) is 14.2. The van der Waals surface area contributed by atoms with Crippen molar-refractivity contribution in [1.29, 1.82) is 0 Å². The predicted octanol–water partition coefficient (Wildman–Crippen LogP) is 3.76. The first kappa shape index (κ1) is 17.0. The smallest absolute Gasteiger partial charge is 0.212 e. The molecule has 0 radical (unpaired) electrons. The summed E-state index contributed by atoms with van der Waals surface area (Å²) in [6.45, 7) is 4.39. The summed E-state index contributed by atoms with van der Waals surface area (Å²) in [4.78, 5) is 14.5. The largest absolute Gasteiger partial charge is 0.497 e. The van der Waals surface area contributed by atoms with Crippen LogP contribution in [0.25, 0.3) is 6.08 Å². The number of carbonyl (C=O) groups is 1. The Morgan fingerprint density at radius 2 is 1.92 bits per heavy atom. The number of nitrogens with zero attached hydrogens (tertiary/aromatic N) is 1. The summed E-state index contributed by atoms with van der Waals surface area (Å²) in [6.07, 6.45) is 4.81. The van der Waals surface area contributed by atoms with E-state index in [4.69, 9.17) is 9.47 Å². The Labute approximate surface area is 148 Å². The third-order valence-electron chi connectivity index (χ3n) is 4.13. The molecule has 128 valence electrons. The van der Waals surface area contributed by atoms with Gasteiger partial charge in [-0.05, 0) is 23.9 Å². The van der Waals surface area contributed by atoms with Gasteiger partial charge >= 0.3 is 0 Å². The Bertz CT molecular complexity index is 752. The van der Waals surface area contributed by atoms with E-state index in [1.165, 1.54) is 0 Å². The first-order chi connectivity index (χ1) is 12.2. The number of methoxy groups -OCH3 is 1. The van der Waals surface area contributed by atoms with E-state index in [1.54, 1.807) is 25.4 Å². The first-order valence-electron chi connectivity index (χ1n) is 8.16. The summed E-state index contributed by atoms with van der Waals surface area (Å²) < 4.78 is 11.1. The van der Waals surface area contributed by atoms with Crippen molar-refractivity contribution in [3.8, 4) is 5.75 Å². The third kappa shape index (κ3) is 3.98. The lowest BCUT2D eigenvalue weighted by Gasteiger charge is -2.18. The van der Waals surface area contributed by atoms with Crippen molar-refractivity contribution in [2.75, 3.05) is 13.7 Å². The zero-order chi connectivity index (χ0) is 17.6. The second kappa shape index (κ2) is 7.81. The Hall–Kier alpha value is -2.85. The van der Waals surface area contributed by atoms with Gasteiger partial charge in [0, 0.05) is 5.56 Å². The van der Waals surface area contributed by atoms with Crippen LogP contribution in [0.3, 0.4) is 0 Å². The number of ether oxygens (including phenoxy) is 2. The SMILES string of the molecule is C=CN1C[C@@H](/C=C/c2ccc(OC)cc2)OC1C(=O)c1ccccc1. The molecule has 0 bridgehead atoms. The van der Waals surface area contributed by atoms with Crippen molar-refractivity contribution in [3.63, 3.8) is 0 Å². The van der Waals surface area contributed by atoms with Crippen molar-refractivity contribution in [1.82, 2.24) is 4.90 Å². The lowest BCUT2D eigenvalue weighted by atomic mass is 10.1.